The van der Waals surface area contributed by atoms with Crippen LogP contribution >= 0.6 is 0 Å². The van der Waals surface area contributed by atoms with Gasteiger partial charge in [0, 0.05) is 6.42 Å². The molecular formula is C20H36O2. The summed E-state index contributed by atoms with van der Waals surface area (Å²) in [6, 6.07) is 0. The molecule has 0 aliphatic heterocycles. The van der Waals surface area contributed by atoms with Gasteiger partial charge in [-0.3, -0.25) is 9.59 Å². The van der Waals surface area contributed by atoms with E-state index in [-0.39, 0.29) is 5.78 Å². The predicted octanol–water partition coefficient (Wildman–Crippen LogP) is 6.20. The second-order valence-electron chi connectivity index (χ2n) is 5.67. The first-order chi connectivity index (χ1) is 10.6. The van der Waals surface area contributed by atoms with Crippen molar-refractivity contribution in [1.82, 2.24) is 0 Å². The third-order valence-corrected chi connectivity index (χ3v) is 3.36. The largest absolute Gasteiger partial charge is 0.298 e. The third-order valence-electron chi connectivity index (χ3n) is 3.36. The van der Waals surface area contributed by atoms with Gasteiger partial charge in [0.15, 0.2) is 5.78 Å². The van der Waals surface area contributed by atoms with E-state index in [1.807, 2.05) is 0 Å². The fraction of sp³-hybridized carbons (Fsp3) is 0.700. The van der Waals surface area contributed by atoms with Crippen molar-refractivity contribution in [2.45, 2.75) is 91.9 Å². The van der Waals surface area contributed by atoms with Crippen molar-refractivity contribution in [2.24, 2.45) is 0 Å². The minimum atomic E-state index is 0.258. The molecule has 0 aromatic rings. The maximum absolute atomic E-state index is 11.2. The van der Waals surface area contributed by atoms with Crippen molar-refractivity contribution in [3.8, 4) is 0 Å². The van der Waals surface area contributed by atoms with Gasteiger partial charge in [0.1, 0.15) is 6.29 Å². The van der Waals surface area contributed by atoms with Gasteiger partial charge in [-0.05, 0) is 36.8 Å². The van der Waals surface area contributed by atoms with Gasteiger partial charge in [0.2, 0.25) is 0 Å². The molecule has 0 fully saturated rings. The Hall–Kier alpha value is -1.18. The lowest BCUT2D eigenvalue weighted by Gasteiger charge is -2.00. The smallest absolute Gasteiger partial charge is 0.158 e. The zero-order valence-corrected chi connectivity index (χ0v) is 15.2. The molecule has 0 N–H and O–H groups in total. The average molecular weight is 309 g/mol. The van der Waals surface area contributed by atoms with E-state index in [0.717, 1.165) is 62.4 Å². The van der Waals surface area contributed by atoms with Crippen LogP contribution in [0.3, 0.4) is 0 Å². The Morgan fingerprint density at radius 3 is 1.91 bits per heavy atom. The molecule has 0 heterocycles. The number of carbonyl (C=O) groups is 2. The Kier molecular flexibility index (Phi) is 18.8. The van der Waals surface area contributed by atoms with Crippen LogP contribution in [-0.2, 0) is 9.59 Å². The number of hydrogen-bond donors (Lipinski definition) is 0. The first-order valence-electron chi connectivity index (χ1n) is 8.92. The number of Topliss-reactive ketones (excluding diaryl/α,β-unsaturated/α-hetero) is 1. The number of rotatable bonds is 12. The molecule has 0 aliphatic rings. The summed E-state index contributed by atoms with van der Waals surface area (Å²) in [4.78, 5) is 21.6. The van der Waals surface area contributed by atoms with Crippen LogP contribution in [-0.4, -0.2) is 12.1 Å². The summed E-state index contributed by atoms with van der Waals surface area (Å²) in [7, 11) is 0. The second kappa shape index (κ2) is 17.9. The van der Waals surface area contributed by atoms with Crippen LogP contribution in [0, 0.1) is 0 Å². The molecule has 0 bridgehead atoms. The summed E-state index contributed by atoms with van der Waals surface area (Å²) >= 11 is 0. The van der Waals surface area contributed by atoms with E-state index in [0.29, 0.717) is 6.42 Å². The lowest BCUT2D eigenvalue weighted by molar-refractivity contribution is -0.115. The highest BCUT2D eigenvalue weighted by atomic mass is 16.1. The van der Waals surface area contributed by atoms with Crippen LogP contribution in [0.4, 0.5) is 0 Å². The molecule has 0 aliphatic carbocycles. The molecule has 0 aromatic carbocycles. The highest BCUT2D eigenvalue weighted by Crippen LogP contribution is 2.08. The van der Waals surface area contributed by atoms with E-state index < -0.39 is 0 Å². The molecule has 128 valence electrons. The van der Waals surface area contributed by atoms with Gasteiger partial charge in [-0.2, -0.15) is 0 Å². The summed E-state index contributed by atoms with van der Waals surface area (Å²) in [5.74, 6) is 0.258. The number of unbranched alkanes of at least 4 members (excludes halogenated alkanes) is 3. The van der Waals surface area contributed by atoms with Gasteiger partial charge >= 0.3 is 0 Å². The first-order valence-corrected chi connectivity index (χ1v) is 8.92. The van der Waals surface area contributed by atoms with Crippen molar-refractivity contribution in [2.75, 3.05) is 0 Å². The zero-order valence-electron chi connectivity index (χ0n) is 15.2. The number of ketones is 1. The van der Waals surface area contributed by atoms with E-state index >= 15 is 0 Å². The summed E-state index contributed by atoms with van der Waals surface area (Å²) in [6.07, 6.45) is 13.2. The summed E-state index contributed by atoms with van der Waals surface area (Å²) in [5, 5.41) is 0. The Bertz CT molecular complexity index is 327. The van der Waals surface area contributed by atoms with Crippen molar-refractivity contribution in [1.29, 1.82) is 0 Å². The molecular weight excluding hydrogens is 272 g/mol. The van der Waals surface area contributed by atoms with Crippen LogP contribution in [0.25, 0.3) is 0 Å². The first kappa shape index (κ1) is 23.1. The predicted molar refractivity (Wildman–Crippen MR) is 97.2 cm³/mol. The maximum atomic E-state index is 11.2. The Morgan fingerprint density at radius 1 is 0.864 bits per heavy atom. The van der Waals surface area contributed by atoms with Gasteiger partial charge < -0.3 is 0 Å². The van der Waals surface area contributed by atoms with E-state index in [1.165, 1.54) is 12.8 Å². The second-order valence-corrected chi connectivity index (χ2v) is 5.67. The molecule has 0 aromatic heterocycles. The summed E-state index contributed by atoms with van der Waals surface area (Å²) in [5.41, 5.74) is 1.78. The van der Waals surface area contributed by atoms with Crippen molar-refractivity contribution >= 4 is 12.1 Å². The molecule has 0 saturated heterocycles. The van der Waals surface area contributed by atoms with Gasteiger partial charge in [-0.25, -0.2) is 0 Å². The topological polar surface area (TPSA) is 34.1 Å². The van der Waals surface area contributed by atoms with Crippen LogP contribution in [0.5, 0.6) is 0 Å². The average Bonchev–Trinajstić information content (AvgIpc) is 2.52. The summed E-state index contributed by atoms with van der Waals surface area (Å²) < 4.78 is 0. The number of carbonyl (C=O) groups excluding carboxylic acids is 2. The normalized spacial score (nSPS) is 10.6. The zero-order chi connectivity index (χ0) is 17.2. The molecule has 0 unspecified atom stereocenters. The summed E-state index contributed by atoms with van der Waals surface area (Å²) in [6.45, 7) is 12.2. The third kappa shape index (κ3) is 15.2. The number of hydrogen-bond acceptors (Lipinski definition) is 2. The van der Waals surface area contributed by atoms with Gasteiger partial charge in [-0.1, -0.05) is 72.5 Å². The Balaban J connectivity index is 0. The van der Waals surface area contributed by atoms with Gasteiger partial charge in [0.05, 0.1) is 0 Å². The van der Waals surface area contributed by atoms with Crippen molar-refractivity contribution < 1.29 is 9.59 Å². The molecule has 0 spiro atoms. The fourth-order valence-electron chi connectivity index (χ4n) is 1.94. The van der Waals surface area contributed by atoms with E-state index in [4.69, 9.17) is 0 Å². The van der Waals surface area contributed by atoms with E-state index in [1.54, 1.807) is 0 Å². The van der Waals surface area contributed by atoms with Gasteiger partial charge in [0.25, 0.3) is 0 Å². The molecule has 2 heteroatoms. The number of aldehydes is 1. The van der Waals surface area contributed by atoms with Crippen molar-refractivity contribution in [3.63, 3.8) is 0 Å². The molecule has 0 atom stereocenters. The van der Waals surface area contributed by atoms with E-state index in [9.17, 15) is 9.59 Å². The molecule has 2 nitrogen and oxygen atoms in total. The fourth-order valence-corrected chi connectivity index (χ4v) is 1.94. The number of allylic oxidation sites excluding steroid dienone is 3. The van der Waals surface area contributed by atoms with E-state index in [2.05, 4.69) is 40.3 Å². The SMILES string of the molecule is C=C(CCC)C(=O)CCCC.CCCCC=C(C=O)CCC. The van der Waals surface area contributed by atoms with Crippen LogP contribution in [0.2, 0.25) is 0 Å². The van der Waals surface area contributed by atoms with Crippen LogP contribution in [0.15, 0.2) is 23.8 Å². The quantitative estimate of drug-likeness (QED) is 0.244. The monoisotopic (exact) mass is 308 g/mol. The molecule has 22 heavy (non-hydrogen) atoms. The molecule has 0 saturated carbocycles. The standard InChI is InChI=1S/2C10H18O/c1-4-6-8-10(11)9(3)7-5-2;1-3-5-6-8-10(9-11)7-4-2/h3-8H2,1-2H3;8-9H,3-7H2,1-2H3. The van der Waals surface area contributed by atoms with Crippen LogP contribution in [0.1, 0.15) is 91.9 Å². The minimum Gasteiger partial charge on any atom is -0.298 e. The molecule has 0 radical (unpaired) electrons. The Labute approximate surface area is 138 Å². The Morgan fingerprint density at radius 2 is 1.45 bits per heavy atom. The maximum Gasteiger partial charge on any atom is 0.158 e. The lowest BCUT2D eigenvalue weighted by atomic mass is 10.0. The lowest BCUT2D eigenvalue weighted by Crippen LogP contribution is -2.00. The van der Waals surface area contributed by atoms with Gasteiger partial charge in [-0.15, -0.1) is 0 Å². The highest BCUT2D eigenvalue weighted by Gasteiger charge is 2.03. The molecule has 0 rings (SSSR count). The minimum absolute atomic E-state index is 0.258. The van der Waals surface area contributed by atoms with Crippen LogP contribution < -0.4 is 0 Å². The van der Waals surface area contributed by atoms with Crippen molar-refractivity contribution in [3.05, 3.63) is 23.8 Å². The molecule has 0 amide bonds. The highest BCUT2D eigenvalue weighted by molar-refractivity contribution is 5.94.